The Morgan fingerprint density at radius 2 is 0.486 bits per heavy atom. The molecule has 0 saturated heterocycles. The Hall–Kier alpha value is 0.460. The van der Waals surface area contributed by atoms with Crippen LogP contribution in [0.5, 0.6) is 0 Å². The molecule has 0 radical (unpaired) electrons. The van der Waals surface area contributed by atoms with Gasteiger partial charge in [0, 0.05) is 24.6 Å². The average molecular weight is 561 g/mol. The van der Waals surface area contributed by atoms with Crippen LogP contribution in [-0.4, -0.2) is 30.6 Å². The van der Waals surface area contributed by atoms with E-state index in [0.29, 0.717) is 5.90 Å². The van der Waals surface area contributed by atoms with Gasteiger partial charge in [-0.3, -0.25) is 0 Å². The first-order valence-corrected chi connectivity index (χ1v) is 21.6. The summed E-state index contributed by atoms with van der Waals surface area (Å²) >= 11 is 0. The van der Waals surface area contributed by atoms with E-state index in [2.05, 4.69) is 27.7 Å². The molecule has 0 bridgehead atoms. The Balaban J connectivity index is 5.06. The lowest BCUT2D eigenvalue weighted by atomic mass is 10.1. The molecule has 0 aliphatic heterocycles. The van der Waals surface area contributed by atoms with Gasteiger partial charge in [0.25, 0.3) is 0 Å². The molecule has 37 heavy (non-hydrogen) atoms. The van der Waals surface area contributed by atoms with Crippen molar-refractivity contribution in [2.24, 2.45) is 0 Å². The van der Waals surface area contributed by atoms with E-state index in [1.165, 1.54) is 128 Å². The minimum absolute atomic E-state index is 0.605. The summed E-state index contributed by atoms with van der Waals surface area (Å²) < 4.78 is 28.8. The minimum atomic E-state index is -2.35. The van der Waals surface area contributed by atoms with Gasteiger partial charge in [0.05, 0.1) is 20.2 Å². The molecule has 0 atom stereocenters. The Morgan fingerprint density at radius 1 is 0.297 bits per heavy atom. The van der Waals surface area contributed by atoms with E-state index in [1.807, 2.05) is 0 Å². The van der Waals surface area contributed by atoms with Crippen molar-refractivity contribution in [2.45, 2.75) is 182 Å². The summed E-state index contributed by atoms with van der Waals surface area (Å²) in [6, 6.07) is 0. The summed E-state index contributed by atoms with van der Waals surface area (Å²) in [4.78, 5) is 0. The lowest BCUT2D eigenvalue weighted by Crippen LogP contribution is -2.07. The van der Waals surface area contributed by atoms with Gasteiger partial charge in [-0.05, 0) is 25.7 Å². The SMILES string of the molecule is CCCCCCCCP(=O)(CCCCCCCC)CP(=O)(CCCCCCCC)CCCCCCCC. The molecule has 0 aliphatic rings. The average Bonchev–Trinajstić information content (AvgIpc) is 2.88. The lowest BCUT2D eigenvalue weighted by molar-refractivity contribution is 0.555. The maximum atomic E-state index is 14.4. The first-order chi connectivity index (χ1) is 17.9. The van der Waals surface area contributed by atoms with Crippen molar-refractivity contribution < 1.29 is 9.13 Å². The van der Waals surface area contributed by atoms with Gasteiger partial charge in [-0.15, -0.1) is 0 Å². The Labute approximate surface area is 235 Å². The number of hydrogen-bond donors (Lipinski definition) is 0. The van der Waals surface area contributed by atoms with Gasteiger partial charge in [-0.25, -0.2) is 0 Å². The van der Waals surface area contributed by atoms with Gasteiger partial charge in [0.2, 0.25) is 0 Å². The fourth-order valence-electron chi connectivity index (χ4n) is 5.70. The van der Waals surface area contributed by atoms with E-state index in [0.717, 1.165) is 50.3 Å². The summed E-state index contributed by atoms with van der Waals surface area (Å²) in [5, 5.41) is 0. The van der Waals surface area contributed by atoms with Crippen LogP contribution in [0.1, 0.15) is 182 Å². The quantitative estimate of drug-likeness (QED) is 0.0646. The van der Waals surface area contributed by atoms with E-state index in [-0.39, 0.29) is 0 Å². The smallest absolute Gasteiger partial charge is 0.0947 e. The van der Waals surface area contributed by atoms with Gasteiger partial charge in [0.15, 0.2) is 0 Å². The molecule has 4 heteroatoms. The van der Waals surface area contributed by atoms with Crippen LogP contribution in [0.25, 0.3) is 0 Å². The highest BCUT2D eigenvalue weighted by Gasteiger charge is 2.32. The third-order valence-electron chi connectivity index (χ3n) is 8.19. The second-order valence-corrected chi connectivity index (χ2v) is 19.4. The highest BCUT2D eigenvalue weighted by molar-refractivity contribution is 7.80. The molecule has 0 spiro atoms. The van der Waals surface area contributed by atoms with Crippen LogP contribution in [0.15, 0.2) is 0 Å². The fraction of sp³-hybridized carbons (Fsp3) is 1.00. The minimum Gasteiger partial charge on any atom is -0.323 e. The molecule has 0 aliphatic carbocycles. The number of rotatable bonds is 30. The molecular formula is C33H70O2P2. The largest absolute Gasteiger partial charge is 0.323 e. The predicted molar refractivity (Wildman–Crippen MR) is 173 cm³/mol. The predicted octanol–water partition coefficient (Wildman–Crippen LogP) is 13.1. The highest BCUT2D eigenvalue weighted by atomic mass is 31.2. The summed E-state index contributed by atoms with van der Waals surface area (Å²) in [6.07, 6.45) is 33.4. The van der Waals surface area contributed by atoms with E-state index in [1.54, 1.807) is 0 Å². The molecular weight excluding hydrogens is 490 g/mol. The van der Waals surface area contributed by atoms with Crippen LogP contribution in [0.2, 0.25) is 0 Å². The van der Waals surface area contributed by atoms with Crippen LogP contribution in [0, 0.1) is 0 Å². The molecule has 0 fully saturated rings. The second kappa shape index (κ2) is 26.7. The van der Waals surface area contributed by atoms with E-state index in [9.17, 15) is 9.13 Å². The van der Waals surface area contributed by atoms with Gasteiger partial charge in [-0.2, -0.15) is 0 Å². The standard InChI is InChI=1S/C33H70O2P2/c1-5-9-13-17-21-25-29-36(34,30-26-22-18-14-10-6-2)33-37(35,31-27-23-19-15-11-7-3)32-28-24-20-16-12-8-4/h5-33H2,1-4H3. The van der Waals surface area contributed by atoms with Crippen molar-refractivity contribution in [3.05, 3.63) is 0 Å². The molecule has 0 unspecified atom stereocenters. The Bertz CT molecular complexity index is 473. The Morgan fingerprint density at radius 3 is 0.703 bits per heavy atom. The van der Waals surface area contributed by atoms with Gasteiger partial charge in [-0.1, -0.05) is 156 Å². The van der Waals surface area contributed by atoms with Crippen molar-refractivity contribution in [3.63, 3.8) is 0 Å². The first kappa shape index (κ1) is 37.5. The third-order valence-corrected chi connectivity index (χ3v) is 16.8. The van der Waals surface area contributed by atoms with Crippen molar-refractivity contribution in [1.82, 2.24) is 0 Å². The highest BCUT2D eigenvalue weighted by Crippen LogP contribution is 2.63. The lowest BCUT2D eigenvalue weighted by Gasteiger charge is -2.26. The van der Waals surface area contributed by atoms with Crippen LogP contribution in [0.4, 0.5) is 0 Å². The molecule has 0 N–H and O–H groups in total. The van der Waals surface area contributed by atoms with Crippen molar-refractivity contribution in [1.29, 1.82) is 0 Å². The van der Waals surface area contributed by atoms with E-state index in [4.69, 9.17) is 0 Å². The molecule has 0 aromatic carbocycles. The molecule has 0 saturated carbocycles. The monoisotopic (exact) mass is 560 g/mol. The van der Waals surface area contributed by atoms with Crippen molar-refractivity contribution in [3.8, 4) is 0 Å². The van der Waals surface area contributed by atoms with Crippen LogP contribution < -0.4 is 0 Å². The molecule has 0 aromatic rings. The molecule has 0 amide bonds. The summed E-state index contributed by atoms with van der Waals surface area (Å²) in [5.41, 5.74) is 0. The number of unbranched alkanes of at least 4 members (excludes halogenated alkanes) is 20. The summed E-state index contributed by atoms with van der Waals surface area (Å²) in [5.74, 6) is 0.605. The van der Waals surface area contributed by atoms with E-state index >= 15 is 0 Å². The van der Waals surface area contributed by atoms with Crippen molar-refractivity contribution in [2.75, 3.05) is 30.6 Å². The molecule has 0 aromatic heterocycles. The zero-order valence-corrected chi connectivity index (χ0v) is 28.0. The van der Waals surface area contributed by atoms with Crippen molar-refractivity contribution >= 4 is 14.3 Å². The van der Waals surface area contributed by atoms with Crippen LogP contribution >= 0.6 is 14.3 Å². The third kappa shape index (κ3) is 24.0. The normalized spacial score (nSPS) is 12.4. The zero-order chi connectivity index (χ0) is 27.5. The van der Waals surface area contributed by atoms with Crippen LogP contribution in [-0.2, 0) is 9.13 Å². The maximum absolute atomic E-state index is 14.4. The summed E-state index contributed by atoms with van der Waals surface area (Å²) in [6.45, 7) is 9.06. The Kier molecular flexibility index (Phi) is 27.0. The molecule has 0 rings (SSSR count). The van der Waals surface area contributed by atoms with Gasteiger partial charge >= 0.3 is 0 Å². The maximum Gasteiger partial charge on any atom is 0.0947 e. The fourth-order valence-corrected chi connectivity index (χ4v) is 15.4. The second-order valence-electron chi connectivity index (χ2n) is 12.2. The van der Waals surface area contributed by atoms with Crippen LogP contribution in [0.3, 0.4) is 0 Å². The topological polar surface area (TPSA) is 34.1 Å². The van der Waals surface area contributed by atoms with E-state index < -0.39 is 14.3 Å². The molecule has 0 heterocycles. The number of hydrogen-bond acceptors (Lipinski definition) is 2. The van der Waals surface area contributed by atoms with Gasteiger partial charge in [0.1, 0.15) is 0 Å². The first-order valence-electron chi connectivity index (χ1n) is 17.1. The summed E-state index contributed by atoms with van der Waals surface area (Å²) in [7, 11) is -4.70. The zero-order valence-electron chi connectivity index (χ0n) is 26.2. The molecule has 224 valence electrons. The molecule has 2 nitrogen and oxygen atoms in total. The van der Waals surface area contributed by atoms with Gasteiger partial charge < -0.3 is 9.13 Å².